The molecule has 0 saturated heterocycles. The van der Waals surface area contributed by atoms with Crippen LogP contribution in [0.1, 0.15) is 8.22 Å². The topological polar surface area (TPSA) is 4.93 Å². The summed E-state index contributed by atoms with van der Waals surface area (Å²) in [7, 11) is 0. The third kappa shape index (κ3) is 0.637. The van der Waals surface area contributed by atoms with Gasteiger partial charge in [0.05, 0.1) is 4.11 Å². The van der Waals surface area contributed by atoms with Gasteiger partial charge in [0, 0.05) is 22.8 Å². The number of fused-ring (bicyclic) bond motifs is 1. The van der Waals surface area contributed by atoms with E-state index in [1.165, 1.54) is 12.1 Å². The van der Waals surface area contributed by atoms with Crippen LogP contribution in [0.25, 0.3) is 10.9 Å². The number of hydrogen-bond acceptors (Lipinski definition) is 0. The lowest BCUT2D eigenvalue weighted by Crippen LogP contribution is -1.81. The lowest BCUT2D eigenvalue weighted by Gasteiger charge is -1.92. The van der Waals surface area contributed by atoms with Crippen molar-refractivity contribution < 1.29 is 8.22 Å². The molecule has 0 bridgehead atoms. The second-order valence-electron chi connectivity index (χ2n) is 2.00. The molecular weight excluding hydrogens is 122 g/mol. The van der Waals surface area contributed by atoms with Gasteiger partial charge in [-0.25, -0.2) is 0 Å². The van der Waals surface area contributed by atoms with Crippen LogP contribution in [-0.4, -0.2) is 4.57 Å². The molecule has 1 nitrogen and oxygen atoms in total. The van der Waals surface area contributed by atoms with Crippen LogP contribution in [0, 0.1) is 0 Å². The number of para-hydroxylation sites is 1. The molecule has 1 aromatic carbocycles. The highest BCUT2D eigenvalue weighted by Crippen LogP contribution is 2.12. The molecule has 10 heavy (non-hydrogen) atoms. The van der Waals surface area contributed by atoms with E-state index in [0.29, 0.717) is 0 Å². The molecule has 1 heterocycles. The van der Waals surface area contributed by atoms with E-state index in [0.717, 1.165) is 4.57 Å². The Morgan fingerprint density at radius 1 is 1.50 bits per heavy atom. The van der Waals surface area contributed by atoms with Gasteiger partial charge in [-0.05, 0) is 17.5 Å². The van der Waals surface area contributed by atoms with Crippen LogP contribution >= 0.6 is 0 Å². The van der Waals surface area contributed by atoms with E-state index < -0.39 is 6.98 Å². The lowest BCUT2D eigenvalue weighted by atomic mass is 10.2. The summed E-state index contributed by atoms with van der Waals surface area (Å²) >= 11 is 0. The molecule has 0 aliphatic heterocycles. The van der Waals surface area contributed by atoms with E-state index >= 15 is 0 Å². The van der Waals surface area contributed by atoms with E-state index in [4.69, 9.17) is 8.22 Å². The Bertz CT molecular complexity index is 553. The first-order chi connectivity index (χ1) is 7.34. The molecule has 0 spiro atoms. The van der Waals surface area contributed by atoms with E-state index in [-0.39, 0.29) is 29.2 Å². The predicted molar refractivity (Wildman–Crippen MR) is 42.9 cm³/mol. The first kappa shape index (κ1) is 2.12. The van der Waals surface area contributed by atoms with Crippen molar-refractivity contribution in [3.63, 3.8) is 0 Å². The molecule has 0 saturated carbocycles. The fourth-order valence-electron chi connectivity index (χ4n) is 0.886. The van der Waals surface area contributed by atoms with Gasteiger partial charge in [0.25, 0.3) is 0 Å². The molecule has 0 unspecified atom stereocenters. The van der Waals surface area contributed by atoms with Gasteiger partial charge < -0.3 is 4.57 Å². The maximum atomic E-state index is 7.65. The van der Waals surface area contributed by atoms with E-state index in [9.17, 15) is 0 Å². The maximum absolute atomic E-state index is 7.65. The number of rotatable bonds is 0. The number of benzene rings is 1. The standard InChI is InChI=1S/C9H9N/c1-10-7-6-8-4-2-3-5-9(8)10/h2-7H,1H3/i1D3,4D,6D,7D. The average molecular weight is 137 g/mol. The minimum Gasteiger partial charge on any atom is -0.351 e. The third-order valence-corrected chi connectivity index (χ3v) is 1.37. The second kappa shape index (κ2) is 1.87. The Morgan fingerprint density at radius 2 is 2.50 bits per heavy atom. The molecule has 2 rings (SSSR count). The van der Waals surface area contributed by atoms with Crippen molar-refractivity contribution >= 4 is 10.9 Å². The molecule has 50 valence electrons. The zero-order chi connectivity index (χ0) is 12.1. The molecule has 0 N–H and O–H groups in total. The van der Waals surface area contributed by atoms with Crippen LogP contribution in [0.3, 0.4) is 0 Å². The SMILES string of the molecule is [2H]c1cccc2c1c([2H])c([2H])n2C([2H])([2H])[2H]. The Hall–Kier alpha value is -1.24. The molecule has 0 radical (unpaired) electrons. The van der Waals surface area contributed by atoms with Crippen molar-refractivity contribution in [1.29, 1.82) is 0 Å². The van der Waals surface area contributed by atoms with Crippen LogP contribution in [-0.2, 0) is 6.98 Å². The molecule has 0 amide bonds. The highest BCUT2D eigenvalue weighted by atomic mass is 14.9. The molecule has 2 aromatic rings. The Balaban J connectivity index is 2.96. The third-order valence-electron chi connectivity index (χ3n) is 1.37. The van der Waals surface area contributed by atoms with Crippen molar-refractivity contribution in [3.8, 4) is 0 Å². The Morgan fingerprint density at radius 3 is 3.40 bits per heavy atom. The largest absolute Gasteiger partial charge is 0.351 e. The van der Waals surface area contributed by atoms with Gasteiger partial charge in [0.1, 0.15) is 0 Å². The smallest absolute Gasteiger partial charge is 0.0818 e. The molecule has 0 aliphatic carbocycles. The number of aryl methyl sites for hydroxylation is 1. The minimum absolute atomic E-state index is 0.0685. The molecular formula is C9H9N. The molecule has 0 aliphatic rings. The maximum Gasteiger partial charge on any atom is 0.0818 e. The Labute approximate surface area is 68.3 Å². The van der Waals surface area contributed by atoms with Crippen LogP contribution in [0.2, 0.25) is 0 Å². The summed E-state index contributed by atoms with van der Waals surface area (Å²) in [6, 6.07) is 4.39. The fraction of sp³-hybridized carbons (Fsp3) is 0.111. The molecule has 0 atom stereocenters. The van der Waals surface area contributed by atoms with E-state index in [1.54, 1.807) is 6.07 Å². The monoisotopic (exact) mass is 137 g/mol. The van der Waals surface area contributed by atoms with Crippen molar-refractivity contribution in [2.45, 2.75) is 0 Å². The fourth-order valence-corrected chi connectivity index (χ4v) is 0.886. The zero-order valence-corrected chi connectivity index (χ0v) is 5.18. The number of nitrogens with zero attached hydrogens (tertiary/aromatic N) is 1. The lowest BCUT2D eigenvalue weighted by molar-refractivity contribution is 0.969. The first-order valence-corrected chi connectivity index (χ1v) is 2.91. The van der Waals surface area contributed by atoms with E-state index in [2.05, 4.69) is 0 Å². The van der Waals surface area contributed by atoms with Crippen molar-refractivity contribution in [3.05, 3.63) is 36.5 Å². The van der Waals surface area contributed by atoms with Gasteiger partial charge >= 0.3 is 0 Å². The van der Waals surface area contributed by atoms with Crippen LogP contribution in [0.15, 0.2) is 36.5 Å². The number of hydrogen-bond donors (Lipinski definition) is 0. The minimum atomic E-state index is -2.50. The second-order valence-corrected chi connectivity index (χ2v) is 2.00. The highest BCUT2D eigenvalue weighted by molar-refractivity contribution is 5.79. The van der Waals surface area contributed by atoms with Gasteiger partial charge in [-0.2, -0.15) is 0 Å². The van der Waals surface area contributed by atoms with E-state index in [1.807, 2.05) is 0 Å². The first-order valence-electron chi connectivity index (χ1n) is 5.91. The van der Waals surface area contributed by atoms with Gasteiger partial charge in [-0.1, -0.05) is 18.2 Å². The molecule has 1 heteroatoms. The number of aromatic nitrogens is 1. The van der Waals surface area contributed by atoms with Gasteiger partial charge in [0.15, 0.2) is 0 Å². The van der Waals surface area contributed by atoms with Gasteiger partial charge in [-0.3, -0.25) is 0 Å². The quantitative estimate of drug-likeness (QED) is 0.524. The summed E-state index contributed by atoms with van der Waals surface area (Å²) in [6.45, 7) is -2.50. The summed E-state index contributed by atoms with van der Waals surface area (Å²) in [5, 5.41) is 0.212. The molecule has 0 fully saturated rings. The predicted octanol–water partition coefficient (Wildman–Crippen LogP) is 2.18. The van der Waals surface area contributed by atoms with Crippen molar-refractivity contribution in [2.24, 2.45) is 6.98 Å². The zero-order valence-electron chi connectivity index (χ0n) is 11.2. The molecule has 1 aromatic heterocycles. The summed E-state index contributed by atoms with van der Waals surface area (Å²) < 4.78 is 45.6. The van der Waals surface area contributed by atoms with Gasteiger partial charge in [-0.15, -0.1) is 0 Å². The highest BCUT2D eigenvalue weighted by Gasteiger charge is 1.92. The van der Waals surface area contributed by atoms with Crippen molar-refractivity contribution in [2.75, 3.05) is 0 Å². The van der Waals surface area contributed by atoms with Crippen molar-refractivity contribution in [1.82, 2.24) is 4.57 Å². The summed E-state index contributed by atoms with van der Waals surface area (Å²) in [5.41, 5.74) is 0.238. The average Bonchev–Trinajstić information content (AvgIpc) is 2.39. The summed E-state index contributed by atoms with van der Waals surface area (Å²) in [4.78, 5) is 0. The van der Waals surface area contributed by atoms with Gasteiger partial charge in [0.2, 0.25) is 0 Å². The Kier molecular flexibility index (Phi) is 0.398. The van der Waals surface area contributed by atoms with Crippen LogP contribution in [0.4, 0.5) is 0 Å². The van der Waals surface area contributed by atoms with Crippen LogP contribution in [0.5, 0.6) is 0 Å². The van der Waals surface area contributed by atoms with Crippen LogP contribution < -0.4 is 0 Å². The summed E-state index contributed by atoms with van der Waals surface area (Å²) in [5.74, 6) is 0. The normalized spacial score (nSPS) is 20.4. The summed E-state index contributed by atoms with van der Waals surface area (Å²) in [6.07, 6.45) is -0.380.